The second kappa shape index (κ2) is 14.8. The molecule has 10 nitrogen and oxygen atoms in total. The van der Waals surface area contributed by atoms with Gasteiger partial charge in [-0.1, -0.05) is 37.9 Å². The number of methoxy groups -OCH3 is 1. The molecule has 4 N–H and O–H groups in total. The van der Waals surface area contributed by atoms with Gasteiger partial charge in [0.15, 0.2) is 0 Å². The minimum absolute atomic E-state index is 0.0436. The van der Waals surface area contributed by atoms with Gasteiger partial charge in [0.25, 0.3) is 0 Å². The maximum atomic E-state index is 13.7. The number of ether oxygens (including phenoxy) is 2. The molecule has 0 saturated carbocycles. The average Bonchev–Trinajstić information content (AvgIpc) is 3.69. The zero-order valence-electron chi connectivity index (χ0n) is 26.4. The third kappa shape index (κ3) is 7.28. The highest BCUT2D eigenvalue weighted by Crippen LogP contribution is 2.37. The normalized spacial score (nSPS) is 11.2. The Hall–Kier alpha value is -5.02. The molecule has 0 spiro atoms. The van der Waals surface area contributed by atoms with E-state index in [1.807, 2.05) is 0 Å². The third-order valence-corrected chi connectivity index (χ3v) is 9.07. The molecule has 0 bridgehead atoms. The summed E-state index contributed by atoms with van der Waals surface area (Å²) in [5.41, 5.74) is 17.2. The lowest BCUT2D eigenvalue weighted by Gasteiger charge is -2.14. The summed E-state index contributed by atoms with van der Waals surface area (Å²) in [6.07, 6.45) is 0. The van der Waals surface area contributed by atoms with Crippen molar-refractivity contribution in [3.05, 3.63) is 128 Å². The number of primary amides is 2. The Morgan fingerprint density at radius 2 is 1.30 bits per heavy atom. The fourth-order valence-electron chi connectivity index (χ4n) is 5.53. The molecule has 50 heavy (non-hydrogen) atoms. The van der Waals surface area contributed by atoms with E-state index in [1.54, 1.807) is 76.1 Å². The molecule has 2 aromatic heterocycles. The van der Waals surface area contributed by atoms with E-state index in [1.165, 1.54) is 31.4 Å². The fourth-order valence-corrected chi connectivity index (χ4v) is 6.81. The number of amides is 2. The van der Waals surface area contributed by atoms with Crippen LogP contribution < -0.4 is 11.5 Å². The Labute approximate surface area is 301 Å². The molecule has 2 heterocycles. The van der Waals surface area contributed by atoms with Crippen LogP contribution in [0.3, 0.4) is 0 Å². The number of nitrogens with two attached hydrogens (primary N) is 2. The van der Waals surface area contributed by atoms with Crippen LogP contribution in [0, 0.1) is 11.6 Å². The highest BCUT2D eigenvalue weighted by molar-refractivity contribution is 9.11. The third-order valence-electron chi connectivity index (χ3n) is 7.78. The number of hydrogen-bond donors (Lipinski definition) is 2. The lowest BCUT2D eigenvalue weighted by Crippen LogP contribution is -2.15. The van der Waals surface area contributed by atoms with Crippen molar-refractivity contribution in [2.45, 2.75) is 20.1 Å². The number of nitrogens with zero attached hydrogens (tertiary/aromatic N) is 4. The summed E-state index contributed by atoms with van der Waals surface area (Å²) in [6.45, 7) is 0.0899. The molecule has 2 amide bonds. The topological polar surface area (TPSA) is 140 Å². The number of hydrogen-bond acceptors (Lipinski definition) is 6. The molecule has 0 fully saturated rings. The minimum atomic E-state index is -0.682. The van der Waals surface area contributed by atoms with Crippen LogP contribution in [0.4, 0.5) is 8.78 Å². The highest BCUT2D eigenvalue weighted by Gasteiger charge is 2.22. The minimum Gasteiger partial charge on any atom is -0.366 e. The number of benzene rings is 4. The first-order chi connectivity index (χ1) is 24.0. The molecule has 0 saturated heterocycles. The summed E-state index contributed by atoms with van der Waals surface area (Å²) in [5, 5.41) is 9.36. The molecular formula is C36H28Br2F2N6O4. The standard InChI is InChI=1S/C36H28Br2F2N6O4/c1-49-18-45-31(22-7-11-24(40)12-8-22)16-30(44-45)33-26(36(42)48)13-20(14-28(33)38)17-50-19-46-32(34-25(35(41)47)3-2-4-27(34)37)15-29(43-46)21-5-9-23(39)10-6-21/h2-16H,17-19H2,1H3,(H2,41,47)(H2,42,48). The Balaban J connectivity index is 1.32. The summed E-state index contributed by atoms with van der Waals surface area (Å²) < 4.78 is 43.1. The summed E-state index contributed by atoms with van der Waals surface area (Å²) in [6, 6.07) is 23.9. The smallest absolute Gasteiger partial charge is 0.249 e. The second-order valence-electron chi connectivity index (χ2n) is 11.1. The number of rotatable bonds is 12. The van der Waals surface area contributed by atoms with Crippen molar-refractivity contribution in [3.8, 4) is 45.0 Å². The monoisotopic (exact) mass is 804 g/mol. The van der Waals surface area contributed by atoms with Crippen LogP contribution in [-0.2, 0) is 29.5 Å². The van der Waals surface area contributed by atoms with Gasteiger partial charge in [0.1, 0.15) is 25.1 Å². The molecule has 0 radical (unpaired) electrons. The van der Waals surface area contributed by atoms with Crippen molar-refractivity contribution in [1.29, 1.82) is 0 Å². The van der Waals surface area contributed by atoms with Crippen molar-refractivity contribution in [2.24, 2.45) is 11.5 Å². The van der Waals surface area contributed by atoms with Gasteiger partial charge in [-0.3, -0.25) is 9.59 Å². The lowest BCUT2D eigenvalue weighted by molar-refractivity contribution is 0.0573. The first kappa shape index (κ1) is 34.8. The van der Waals surface area contributed by atoms with E-state index in [-0.39, 0.29) is 42.8 Å². The van der Waals surface area contributed by atoms with E-state index in [2.05, 4.69) is 37.0 Å². The molecule has 4 aromatic carbocycles. The van der Waals surface area contributed by atoms with E-state index in [9.17, 15) is 18.4 Å². The fraction of sp³-hybridized carbons (Fsp3) is 0.111. The predicted octanol–water partition coefficient (Wildman–Crippen LogP) is 7.53. The van der Waals surface area contributed by atoms with Crippen molar-refractivity contribution >= 4 is 43.7 Å². The van der Waals surface area contributed by atoms with Crippen LogP contribution in [0.5, 0.6) is 0 Å². The highest BCUT2D eigenvalue weighted by atomic mass is 79.9. The van der Waals surface area contributed by atoms with Gasteiger partial charge < -0.3 is 20.9 Å². The van der Waals surface area contributed by atoms with Crippen LogP contribution >= 0.6 is 31.9 Å². The van der Waals surface area contributed by atoms with Gasteiger partial charge in [-0.05, 0) is 90.5 Å². The predicted molar refractivity (Wildman–Crippen MR) is 190 cm³/mol. The van der Waals surface area contributed by atoms with Gasteiger partial charge in [0, 0.05) is 43.9 Å². The summed E-state index contributed by atoms with van der Waals surface area (Å²) >= 11 is 7.13. The van der Waals surface area contributed by atoms with E-state index in [0.717, 1.165) is 0 Å². The first-order valence-corrected chi connectivity index (χ1v) is 16.6. The first-order valence-electron chi connectivity index (χ1n) is 15.0. The van der Waals surface area contributed by atoms with Crippen LogP contribution in [0.2, 0.25) is 0 Å². The van der Waals surface area contributed by atoms with Gasteiger partial charge >= 0.3 is 0 Å². The van der Waals surface area contributed by atoms with Gasteiger partial charge in [0.2, 0.25) is 11.8 Å². The van der Waals surface area contributed by atoms with Crippen molar-refractivity contribution in [2.75, 3.05) is 7.11 Å². The number of carbonyl (C=O) groups is 2. The van der Waals surface area contributed by atoms with Gasteiger partial charge in [0.05, 0.1) is 34.9 Å². The van der Waals surface area contributed by atoms with E-state index >= 15 is 0 Å². The maximum Gasteiger partial charge on any atom is 0.249 e. The van der Waals surface area contributed by atoms with Crippen molar-refractivity contribution in [1.82, 2.24) is 19.6 Å². The second-order valence-corrected chi connectivity index (χ2v) is 12.8. The van der Waals surface area contributed by atoms with Crippen molar-refractivity contribution < 1.29 is 27.8 Å². The van der Waals surface area contributed by atoms with E-state index in [4.69, 9.17) is 26.0 Å². The summed E-state index contributed by atoms with van der Waals surface area (Å²) in [4.78, 5) is 25.2. The van der Waals surface area contributed by atoms with E-state index < -0.39 is 11.8 Å². The van der Waals surface area contributed by atoms with Gasteiger partial charge in [-0.25, -0.2) is 18.1 Å². The number of carbonyl (C=O) groups excluding carboxylic acids is 2. The molecule has 0 aliphatic rings. The van der Waals surface area contributed by atoms with E-state index in [0.29, 0.717) is 59.5 Å². The molecule has 6 rings (SSSR count). The van der Waals surface area contributed by atoms with Gasteiger partial charge in [-0.2, -0.15) is 10.2 Å². The molecule has 254 valence electrons. The lowest BCUT2D eigenvalue weighted by atomic mass is 10.00. The maximum absolute atomic E-state index is 13.7. The zero-order chi connectivity index (χ0) is 35.5. The summed E-state index contributed by atoms with van der Waals surface area (Å²) in [5.74, 6) is -2.07. The van der Waals surface area contributed by atoms with Crippen LogP contribution in [0.15, 0.2) is 99.9 Å². The quantitative estimate of drug-likeness (QED) is 0.131. The van der Waals surface area contributed by atoms with Gasteiger partial charge in [-0.15, -0.1) is 0 Å². The molecule has 0 unspecified atom stereocenters. The molecule has 6 aromatic rings. The number of aromatic nitrogens is 4. The van der Waals surface area contributed by atoms with Crippen LogP contribution in [-0.4, -0.2) is 38.5 Å². The Morgan fingerprint density at radius 3 is 1.94 bits per heavy atom. The largest absolute Gasteiger partial charge is 0.366 e. The van der Waals surface area contributed by atoms with Crippen molar-refractivity contribution in [3.63, 3.8) is 0 Å². The average molecular weight is 806 g/mol. The Morgan fingerprint density at radius 1 is 0.700 bits per heavy atom. The molecule has 0 aliphatic carbocycles. The summed E-state index contributed by atoms with van der Waals surface area (Å²) in [7, 11) is 1.53. The molecule has 14 heteroatoms. The Bertz CT molecular complexity index is 2220. The molecular weight excluding hydrogens is 778 g/mol. The van der Waals surface area contributed by atoms with Crippen LogP contribution in [0.1, 0.15) is 26.3 Å². The Kier molecular flexibility index (Phi) is 10.3. The number of halogens is 4. The zero-order valence-corrected chi connectivity index (χ0v) is 29.5. The van der Waals surface area contributed by atoms with Crippen LogP contribution in [0.25, 0.3) is 45.0 Å². The molecule has 0 aliphatic heterocycles. The SMILES string of the molecule is COCn1nc(-c2c(Br)cc(COCn3nc(-c4ccc(F)cc4)cc3-c3c(Br)cccc3C(N)=O)cc2C(N)=O)cc1-c1ccc(F)cc1. The molecule has 0 atom stereocenters.